The van der Waals surface area contributed by atoms with Crippen molar-refractivity contribution < 1.29 is 8.78 Å². The van der Waals surface area contributed by atoms with Crippen LogP contribution in [-0.4, -0.2) is 12.1 Å². The first kappa shape index (κ1) is 15.0. The molecule has 0 radical (unpaired) electrons. The highest BCUT2D eigenvalue weighted by Crippen LogP contribution is 2.43. The van der Waals surface area contributed by atoms with Gasteiger partial charge in [-0.25, -0.2) is 8.78 Å². The molecule has 2 fully saturated rings. The van der Waals surface area contributed by atoms with Gasteiger partial charge in [0, 0.05) is 17.6 Å². The van der Waals surface area contributed by atoms with Gasteiger partial charge in [0.15, 0.2) is 0 Å². The molecule has 0 bridgehead atoms. The maximum absolute atomic E-state index is 13.7. The number of halogens is 2. The predicted molar refractivity (Wildman–Crippen MR) is 81.1 cm³/mol. The van der Waals surface area contributed by atoms with Crippen LogP contribution < -0.4 is 5.32 Å². The van der Waals surface area contributed by atoms with E-state index in [-0.39, 0.29) is 11.6 Å². The van der Waals surface area contributed by atoms with E-state index >= 15 is 0 Å². The summed E-state index contributed by atoms with van der Waals surface area (Å²) in [4.78, 5) is 0. The summed E-state index contributed by atoms with van der Waals surface area (Å²) in [5.41, 5.74) is 0.215. The molecule has 0 saturated heterocycles. The lowest BCUT2D eigenvalue weighted by molar-refractivity contribution is 0.248. The van der Waals surface area contributed by atoms with E-state index in [4.69, 9.17) is 0 Å². The van der Waals surface area contributed by atoms with Crippen molar-refractivity contribution in [3.05, 3.63) is 35.4 Å². The van der Waals surface area contributed by atoms with Crippen molar-refractivity contribution in [3.8, 4) is 0 Å². The third-order valence-electron chi connectivity index (χ3n) is 5.10. The van der Waals surface area contributed by atoms with Crippen LogP contribution in [0.4, 0.5) is 8.78 Å². The van der Waals surface area contributed by atoms with E-state index in [0.717, 1.165) is 11.8 Å². The number of rotatable bonds is 5. The summed E-state index contributed by atoms with van der Waals surface area (Å²) < 4.78 is 27.4. The van der Waals surface area contributed by atoms with Crippen LogP contribution in [0.5, 0.6) is 0 Å². The second kappa shape index (κ2) is 6.43. The zero-order chi connectivity index (χ0) is 14.8. The smallest absolute Gasteiger partial charge is 0.129 e. The molecule has 1 N–H and O–H groups in total. The minimum atomic E-state index is -0.428. The zero-order valence-electron chi connectivity index (χ0n) is 12.7. The summed E-state index contributed by atoms with van der Waals surface area (Å²) in [6, 6.07) is 4.74. The summed E-state index contributed by atoms with van der Waals surface area (Å²) in [5, 5.41) is 3.60. The molecule has 1 aromatic carbocycles. The van der Waals surface area contributed by atoms with E-state index in [9.17, 15) is 8.78 Å². The third-order valence-corrected chi connectivity index (χ3v) is 5.10. The summed E-state index contributed by atoms with van der Waals surface area (Å²) in [6.07, 6.45) is 8.35. The molecule has 3 atom stereocenters. The molecule has 0 heterocycles. The van der Waals surface area contributed by atoms with Crippen LogP contribution in [-0.2, 0) is 6.42 Å². The number of benzene rings is 1. The molecule has 0 aromatic heterocycles. The Morgan fingerprint density at radius 1 is 1.10 bits per heavy atom. The second-order valence-electron chi connectivity index (χ2n) is 6.93. The van der Waals surface area contributed by atoms with E-state index in [1.807, 2.05) is 6.92 Å². The topological polar surface area (TPSA) is 12.0 Å². The van der Waals surface area contributed by atoms with Gasteiger partial charge in [-0.05, 0) is 63.0 Å². The van der Waals surface area contributed by atoms with Crippen molar-refractivity contribution in [1.29, 1.82) is 0 Å². The fourth-order valence-electron chi connectivity index (χ4n) is 3.87. The van der Waals surface area contributed by atoms with Crippen molar-refractivity contribution in [2.24, 2.45) is 11.8 Å². The van der Waals surface area contributed by atoms with Crippen LogP contribution in [0.25, 0.3) is 0 Å². The molecule has 0 aliphatic heterocycles. The molecule has 2 aliphatic carbocycles. The normalized spacial score (nSPS) is 27.6. The molecule has 1 nitrogen and oxygen atoms in total. The SMILES string of the molecule is CC(Cc1c(F)cccc1F)NC1CCCC(C2CC2)C1. The Hall–Kier alpha value is -0.960. The van der Waals surface area contributed by atoms with Gasteiger partial charge in [-0.15, -0.1) is 0 Å². The lowest BCUT2D eigenvalue weighted by Gasteiger charge is -2.32. The minimum absolute atomic E-state index is 0.111. The van der Waals surface area contributed by atoms with Crippen molar-refractivity contribution in [3.63, 3.8) is 0 Å². The number of hydrogen-bond acceptors (Lipinski definition) is 1. The van der Waals surface area contributed by atoms with Crippen LogP contribution in [0, 0.1) is 23.5 Å². The maximum atomic E-state index is 13.7. The molecule has 2 saturated carbocycles. The van der Waals surface area contributed by atoms with Crippen molar-refractivity contribution in [2.75, 3.05) is 0 Å². The molecule has 3 unspecified atom stereocenters. The van der Waals surface area contributed by atoms with E-state index in [1.54, 1.807) is 0 Å². The summed E-state index contributed by atoms with van der Waals surface area (Å²) in [5.74, 6) is 0.994. The van der Waals surface area contributed by atoms with Crippen LogP contribution in [0.1, 0.15) is 51.0 Å². The zero-order valence-corrected chi connectivity index (χ0v) is 12.7. The summed E-state index contributed by atoms with van der Waals surface area (Å²) in [6.45, 7) is 2.03. The highest BCUT2D eigenvalue weighted by molar-refractivity contribution is 5.20. The molecule has 0 amide bonds. The molecule has 3 rings (SSSR count). The Labute approximate surface area is 126 Å². The lowest BCUT2D eigenvalue weighted by atomic mass is 9.82. The van der Waals surface area contributed by atoms with Gasteiger partial charge in [0.05, 0.1) is 0 Å². The number of hydrogen-bond donors (Lipinski definition) is 1. The van der Waals surface area contributed by atoms with Gasteiger partial charge in [0.25, 0.3) is 0 Å². The van der Waals surface area contributed by atoms with Crippen LogP contribution >= 0.6 is 0 Å². The molecular weight excluding hydrogens is 268 g/mol. The fraction of sp³-hybridized carbons (Fsp3) is 0.667. The van der Waals surface area contributed by atoms with Crippen molar-refractivity contribution in [1.82, 2.24) is 5.32 Å². The van der Waals surface area contributed by atoms with Crippen LogP contribution in [0.15, 0.2) is 18.2 Å². The average Bonchev–Trinajstić information content (AvgIpc) is 3.28. The quantitative estimate of drug-likeness (QED) is 0.845. The maximum Gasteiger partial charge on any atom is 0.129 e. The lowest BCUT2D eigenvalue weighted by Crippen LogP contribution is -2.41. The van der Waals surface area contributed by atoms with Crippen LogP contribution in [0.2, 0.25) is 0 Å². The van der Waals surface area contributed by atoms with Crippen LogP contribution in [0.3, 0.4) is 0 Å². The summed E-state index contributed by atoms with van der Waals surface area (Å²) >= 11 is 0. The van der Waals surface area contributed by atoms with Gasteiger partial charge in [-0.1, -0.05) is 18.9 Å². The largest absolute Gasteiger partial charge is 0.311 e. The van der Waals surface area contributed by atoms with Gasteiger partial charge in [0.1, 0.15) is 11.6 Å². The molecule has 21 heavy (non-hydrogen) atoms. The first-order valence-electron chi connectivity index (χ1n) is 8.32. The van der Waals surface area contributed by atoms with Gasteiger partial charge < -0.3 is 5.32 Å². The molecule has 0 spiro atoms. The number of nitrogens with one attached hydrogen (secondary N) is 1. The molecule has 1 aromatic rings. The monoisotopic (exact) mass is 293 g/mol. The fourth-order valence-corrected chi connectivity index (χ4v) is 3.87. The highest BCUT2D eigenvalue weighted by Gasteiger charge is 2.34. The average molecular weight is 293 g/mol. The molecule has 2 aliphatic rings. The van der Waals surface area contributed by atoms with Gasteiger partial charge in [0.2, 0.25) is 0 Å². The van der Waals surface area contributed by atoms with E-state index in [0.29, 0.717) is 12.5 Å². The van der Waals surface area contributed by atoms with Crippen molar-refractivity contribution in [2.45, 2.75) is 64.0 Å². The van der Waals surface area contributed by atoms with E-state index in [2.05, 4.69) is 5.32 Å². The third kappa shape index (κ3) is 3.82. The minimum Gasteiger partial charge on any atom is -0.311 e. The van der Waals surface area contributed by atoms with Gasteiger partial charge >= 0.3 is 0 Å². The first-order chi connectivity index (χ1) is 10.1. The predicted octanol–water partition coefficient (Wildman–Crippen LogP) is 4.45. The van der Waals surface area contributed by atoms with Crippen molar-refractivity contribution >= 4 is 0 Å². The Bertz CT molecular complexity index is 464. The Morgan fingerprint density at radius 2 is 1.81 bits per heavy atom. The molecule has 116 valence electrons. The van der Waals surface area contributed by atoms with E-state index in [1.165, 1.54) is 56.7 Å². The van der Waals surface area contributed by atoms with Gasteiger partial charge in [-0.2, -0.15) is 0 Å². The molecular formula is C18H25F2N. The Morgan fingerprint density at radius 3 is 2.48 bits per heavy atom. The standard InChI is InChI=1S/C18H25F2N/c1-12(10-16-17(19)6-3-7-18(16)20)21-15-5-2-4-14(11-15)13-8-9-13/h3,6-7,12-15,21H,2,4-5,8-11H2,1H3. The second-order valence-corrected chi connectivity index (χ2v) is 6.93. The molecule has 3 heteroatoms. The van der Waals surface area contributed by atoms with E-state index < -0.39 is 11.6 Å². The summed E-state index contributed by atoms with van der Waals surface area (Å²) in [7, 11) is 0. The highest BCUT2D eigenvalue weighted by atomic mass is 19.1. The van der Waals surface area contributed by atoms with Gasteiger partial charge in [-0.3, -0.25) is 0 Å². The Balaban J connectivity index is 1.54. The Kier molecular flexibility index (Phi) is 4.58. The first-order valence-corrected chi connectivity index (χ1v) is 8.32.